The molecule has 15 heteroatoms. The van der Waals surface area contributed by atoms with E-state index in [1.807, 2.05) is 0 Å². The van der Waals surface area contributed by atoms with E-state index in [1.54, 1.807) is 0 Å². The van der Waals surface area contributed by atoms with Gasteiger partial charge in [-0.3, -0.25) is 0 Å². The van der Waals surface area contributed by atoms with Gasteiger partial charge in [-0.1, -0.05) is 0 Å². The predicted molar refractivity (Wildman–Crippen MR) is 43.5 cm³/mol. The van der Waals surface area contributed by atoms with Crippen molar-refractivity contribution in [2.45, 2.75) is 12.1 Å². The molecule has 0 aliphatic rings. The van der Waals surface area contributed by atoms with Crippen LogP contribution in [0.4, 0.5) is 26.3 Å². The van der Waals surface area contributed by atoms with Crippen LogP contribution in [-0.4, -0.2) is 77.8 Å². The SMILES string of the molecule is FCC(F)(F)C(F)(F)F.O=[N+]([O-])[O-].O=[N+]([O-])[O-].[Ba+2]. The average molecular weight is 413 g/mol. The Bertz CT molecular complexity index is 228. The molecule has 0 aliphatic carbocycles. The fourth-order valence-electron chi connectivity index (χ4n) is 0.0758. The van der Waals surface area contributed by atoms with Crippen LogP contribution < -0.4 is 0 Å². The van der Waals surface area contributed by atoms with E-state index >= 15 is 0 Å². The quantitative estimate of drug-likeness (QED) is 0.275. The third-order valence-electron chi connectivity index (χ3n) is 0.583. The van der Waals surface area contributed by atoms with Gasteiger partial charge in [0.15, 0.2) is 6.67 Å². The van der Waals surface area contributed by atoms with Gasteiger partial charge < -0.3 is 30.6 Å². The van der Waals surface area contributed by atoms with Gasteiger partial charge >= 0.3 is 61.0 Å². The van der Waals surface area contributed by atoms with Crippen LogP contribution in [0.2, 0.25) is 0 Å². The van der Waals surface area contributed by atoms with Gasteiger partial charge in [-0.2, -0.15) is 22.0 Å². The van der Waals surface area contributed by atoms with E-state index in [0.717, 1.165) is 0 Å². The first kappa shape index (κ1) is 26.2. The van der Waals surface area contributed by atoms with Crippen molar-refractivity contribution in [1.82, 2.24) is 0 Å². The number of hydrogen-bond acceptors (Lipinski definition) is 6. The van der Waals surface area contributed by atoms with Crippen LogP contribution in [0, 0.1) is 30.6 Å². The molecule has 0 spiro atoms. The van der Waals surface area contributed by atoms with Crippen molar-refractivity contribution in [3.63, 3.8) is 0 Å². The van der Waals surface area contributed by atoms with Gasteiger partial charge in [0.25, 0.3) is 0 Å². The fraction of sp³-hybridized carbons (Fsp3) is 1.00. The monoisotopic (exact) mass is 414 g/mol. The van der Waals surface area contributed by atoms with Crippen LogP contribution >= 0.6 is 0 Å². The van der Waals surface area contributed by atoms with Crippen molar-refractivity contribution < 1.29 is 36.5 Å². The molecule has 0 aromatic heterocycles. The molecular formula is C3H2BaF6N2O6. The summed E-state index contributed by atoms with van der Waals surface area (Å²) in [6.45, 7) is -2.70. The first-order valence-electron chi connectivity index (χ1n) is 2.91. The van der Waals surface area contributed by atoms with Crippen molar-refractivity contribution in [3.8, 4) is 0 Å². The maximum absolute atomic E-state index is 11.2. The van der Waals surface area contributed by atoms with E-state index in [1.165, 1.54) is 0 Å². The van der Waals surface area contributed by atoms with Gasteiger partial charge in [0.2, 0.25) is 0 Å². The molecule has 0 saturated carbocycles. The minimum atomic E-state index is -5.76. The van der Waals surface area contributed by atoms with Gasteiger partial charge in [-0.05, 0) is 0 Å². The second-order valence-corrected chi connectivity index (χ2v) is 1.78. The van der Waals surface area contributed by atoms with Gasteiger partial charge in [-0.25, -0.2) is 4.39 Å². The Hall–Kier alpha value is -0.449. The molecular weight excluding hydrogens is 411 g/mol. The largest absolute Gasteiger partial charge is 2.00 e. The van der Waals surface area contributed by atoms with Crippen molar-refractivity contribution in [3.05, 3.63) is 30.6 Å². The molecule has 0 atom stereocenters. The maximum Gasteiger partial charge on any atom is 2.00 e. The first-order valence-corrected chi connectivity index (χ1v) is 2.91. The van der Waals surface area contributed by atoms with E-state index in [4.69, 9.17) is 30.6 Å². The molecule has 0 aromatic rings. The molecule has 0 fully saturated rings. The van der Waals surface area contributed by atoms with Gasteiger partial charge in [0, 0.05) is 0 Å². The minimum Gasteiger partial charge on any atom is -0.356 e. The second-order valence-electron chi connectivity index (χ2n) is 1.78. The summed E-state index contributed by atoms with van der Waals surface area (Å²) >= 11 is 0. The number of nitrogens with zero attached hydrogens (tertiary/aromatic N) is 2. The molecule has 0 saturated heterocycles. The second kappa shape index (κ2) is 11.6. The van der Waals surface area contributed by atoms with E-state index in [2.05, 4.69) is 0 Å². The Kier molecular flexibility index (Phi) is 16.9. The van der Waals surface area contributed by atoms with Gasteiger partial charge in [0.05, 0.1) is 10.2 Å². The summed E-state index contributed by atoms with van der Waals surface area (Å²) in [5.41, 5.74) is 0. The Morgan fingerprint density at radius 3 is 1.00 bits per heavy atom. The van der Waals surface area contributed by atoms with E-state index in [0.29, 0.717) is 0 Å². The molecule has 0 radical (unpaired) electrons. The topological polar surface area (TPSA) is 132 Å². The van der Waals surface area contributed by atoms with Crippen molar-refractivity contribution in [2.75, 3.05) is 6.67 Å². The summed E-state index contributed by atoms with van der Waals surface area (Å²) < 4.78 is 65.6. The summed E-state index contributed by atoms with van der Waals surface area (Å²) in [6, 6.07) is 0. The molecule has 18 heavy (non-hydrogen) atoms. The van der Waals surface area contributed by atoms with Crippen molar-refractivity contribution >= 4 is 48.9 Å². The van der Waals surface area contributed by atoms with Crippen molar-refractivity contribution in [2.24, 2.45) is 0 Å². The maximum atomic E-state index is 11.2. The molecule has 0 unspecified atom stereocenters. The fourth-order valence-corrected chi connectivity index (χ4v) is 0.0758. The normalized spacial score (nSPS) is 9.67. The van der Waals surface area contributed by atoms with E-state index in [-0.39, 0.29) is 48.9 Å². The summed E-state index contributed by atoms with van der Waals surface area (Å²) in [4.78, 5) is 16.5. The Morgan fingerprint density at radius 2 is 1.00 bits per heavy atom. The van der Waals surface area contributed by atoms with E-state index in [9.17, 15) is 26.3 Å². The minimum absolute atomic E-state index is 0. The van der Waals surface area contributed by atoms with Crippen LogP contribution in [0.25, 0.3) is 0 Å². The zero-order chi connectivity index (χ0) is 14.9. The summed E-state index contributed by atoms with van der Waals surface area (Å²) in [5, 5.41) is 29.5. The third kappa shape index (κ3) is 24.7. The molecule has 8 nitrogen and oxygen atoms in total. The molecule has 0 bridgehead atoms. The smallest absolute Gasteiger partial charge is 0.356 e. The zero-order valence-electron chi connectivity index (χ0n) is 8.03. The average Bonchev–Trinajstić information content (AvgIpc) is 1.99. The molecule has 104 valence electrons. The van der Waals surface area contributed by atoms with Crippen molar-refractivity contribution in [1.29, 1.82) is 0 Å². The number of alkyl halides is 6. The number of rotatable bonds is 1. The molecule has 0 rings (SSSR count). The Labute approximate surface area is 134 Å². The number of halogens is 6. The van der Waals surface area contributed by atoms with Crippen LogP contribution in [0.1, 0.15) is 0 Å². The summed E-state index contributed by atoms with van der Waals surface area (Å²) in [5.74, 6) is -5.19. The first-order chi connectivity index (χ1) is 7.27. The zero-order valence-corrected chi connectivity index (χ0v) is 12.5. The molecule has 0 aliphatic heterocycles. The molecule has 0 amide bonds. The summed E-state index contributed by atoms with van der Waals surface area (Å²) in [7, 11) is 0. The van der Waals surface area contributed by atoms with Gasteiger partial charge in [-0.15, -0.1) is 0 Å². The van der Waals surface area contributed by atoms with E-state index < -0.39 is 28.9 Å². The standard InChI is InChI=1S/C3H2F6.Ba.2NO3/c4-1-2(5,6)3(7,8)9;;2*2-1(3)4/h1H2;;;/q;+2;2*-1. The molecule has 0 heterocycles. The van der Waals surface area contributed by atoms with Crippen LogP contribution in [0.15, 0.2) is 0 Å². The summed E-state index contributed by atoms with van der Waals surface area (Å²) in [6.07, 6.45) is -5.76. The van der Waals surface area contributed by atoms with Crippen LogP contribution in [0.3, 0.4) is 0 Å². The third-order valence-corrected chi connectivity index (χ3v) is 0.583. The van der Waals surface area contributed by atoms with Crippen LogP contribution in [-0.2, 0) is 0 Å². The van der Waals surface area contributed by atoms with Gasteiger partial charge in [0.1, 0.15) is 0 Å². The molecule has 0 aromatic carbocycles. The number of hydrogen-bond donors (Lipinski definition) is 0. The molecule has 0 N–H and O–H groups in total. The Balaban J connectivity index is -0.0000000922. The van der Waals surface area contributed by atoms with Crippen LogP contribution in [0.5, 0.6) is 0 Å². The Morgan fingerprint density at radius 1 is 0.833 bits per heavy atom. The predicted octanol–water partition coefficient (Wildman–Crippen LogP) is 1.29.